The van der Waals surface area contributed by atoms with Crippen molar-refractivity contribution >= 4 is 109 Å². The van der Waals surface area contributed by atoms with Gasteiger partial charge in [-0.25, -0.2) is 9.58 Å². The molecule has 2 heterocycles. The zero-order chi connectivity index (χ0) is 68.0. The van der Waals surface area contributed by atoms with E-state index < -0.39 is 29.1 Å². The van der Waals surface area contributed by atoms with E-state index in [1.54, 1.807) is 62.4 Å². The molecule has 22 nitrogen and oxygen atoms in total. The number of ketones is 3. The molecule has 4 aromatic carbocycles. The number of nitrogens with zero attached hydrogens (tertiary/aromatic N) is 9. The number of amides is 4. The summed E-state index contributed by atoms with van der Waals surface area (Å²) in [5, 5.41) is 59.7. The van der Waals surface area contributed by atoms with Crippen LogP contribution in [0.3, 0.4) is 0 Å². The highest BCUT2D eigenvalue weighted by Crippen LogP contribution is 2.46. The van der Waals surface area contributed by atoms with Crippen LogP contribution in [-0.2, 0) is 33.6 Å². The van der Waals surface area contributed by atoms with Gasteiger partial charge in [-0.2, -0.15) is 20.5 Å². The van der Waals surface area contributed by atoms with Gasteiger partial charge in [0.15, 0.2) is 17.2 Å². The van der Waals surface area contributed by atoms with Crippen molar-refractivity contribution in [2.24, 2.45) is 10.2 Å². The molecule has 4 N–H and O–H groups in total. The third-order valence-electron chi connectivity index (χ3n) is 16.4. The molecule has 22 heteroatoms. The molecule has 0 saturated heterocycles. The zero-order valence-electron chi connectivity index (χ0n) is 54.7. The summed E-state index contributed by atoms with van der Waals surface area (Å²) in [7, 11) is 6.62. The lowest BCUT2D eigenvalue weighted by molar-refractivity contribution is -0.519. The summed E-state index contributed by atoms with van der Waals surface area (Å²) in [5.41, 5.74) is 8.03. The number of likely N-dealkylation sites (N-methyl/N-ethyl adjacent to an activating group) is 1. The van der Waals surface area contributed by atoms with Gasteiger partial charge in [-0.3, -0.25) is 33.6 Å². The number of aliphatic hydroxyl groups is 2. The molecule has 480 valence electrons. The molecule has 4 aromatic rings. The molecular weight excluding hydrogens is 1180 g/mol. The maximum atomic E-state index is 13.3. The number of Topliss-reactive ketones (excluding diaryl/α,β-unsaturated/α-hetero) is 3. The van der Waals surface area contributed by atoms with Crippen LogP contribution in [0.2, 0.25) is 0 Å². The third-order valence-corrected chi connectivity index (χ3v) is 16.4. The van der Waals surface area contributed by atoms with Gasteiger partial charge in [0.25, 0.3) is 11.8 Å². The number of allylic oxidation sites excluding steroid dienone is 11. The lowest BCUT2D eigenvalue weighted by Gasteiger charge is -2.32. The normalized spacial score (nSPS) is 17.3. The van der Waals surface area contributed by atoms with Crippen molar-refractivity contribution in [1.82, 2.24) is 5.01 Å². The summed E-state index contributed by atoms with van der Waals surface area (Å²) >= 11 is 0. The number of nitriles is 1. The van der Waals surface area contributed by atoms with E-state index >= 15 is 0 Å². The Bertz CT molecular complexity index is 4240. The fraction of sp³-hybridized carbons (Fsp3) is 0.282. The van der Waals surface area contributed by atoms with Gasteiger partial charge in [0.1, 0.15) is 36.4 Å². The van der Waals surface area contributed by atoms with Gasteiger partial charge in [-0.15, -0.1) is 0 Å². The number of hydrogen-bond acceptors (Lipinski definition) is 17. The summed E-state index contributed by atoms with van der Waals surface area (Å²) in [6, 6.07) is 24.9. The average molecular weight is 1260 g/mol. The molecule has 6 aliphatic rings. The first-order chi connectivity index (χ1) is 44.3. The number of carbonyl (C=O) groups excluding carboxylic acids is 7. The first kappa shape index (κ1) is 67.7. The number of anilines is 6. The first-order valence-electron chi connectivity index (χ1n) is 30.4. The second kappa shape index (κ2) is 28.3. The van der Waals surface area contributed by atoms with Crippen molar-refractivity contribution in [1.29, 1.82) is 5.26 Å². The molecule has 0 fully saturated rings. The number of hydrazone groups is 2. The van der Waals surface area contributed by atoms with E-state index in [4.69, 9.17) is 4.74 Å². The van der Waals surface area contributed by atoms with Gasteiger partial charge in [0.2, 0.25) is 23.4 Å². The van der Waals surface area contributed by atoms with Crippen LogP contribution >= 0.6 is 0 Å². The molecule has 0 spiro atoms. The van der Waals surface area contributed by atoms with E-state index in [1.165, 1.54) is 28.0 Å². The van der Waals surface area contributed by atoms with Gasteiger partial charge >= 0.3 is 0 Å². The number of ether oxygens (including phenoxy) is 1. The minimum absolute atomic E-state index is 0.0304. The summed E-state index contributed by atoms with van der Waals surface area (Å²) in [6.45, 7) is 23.8. The molecule has 4 aliphatic carbocycles. The van der Waals surface area contributed by atoms with Crippen molar-refractivity contribution in [3.63, 3.8) is 0 Å². The quantitative estimate of drug-likeness (QED) is 0.0603. The van der Waals surface area contributed by atoms with Crippen LogP contribution in [0, 0.1) is 18.3 Å². The van der Waals surface area contributed by atoms with Crippen molar-refractivity contribution in [2.45, 2.75) is 69.2 Å². The molecule has 0 aromatic heterocycles. The molecule has 0 unspecified atom stereocenters. The van der Waals surface area contributed by atoms with E-state index in [9.17, 15) is 54.1 Å². The smallest absolute Gasteiger partial charge is 0.282 e. The maximum Gasteiger partial charge on any atom is 0.282 e. The van der Waals surface area contributed by atoms with Gasteiger partial charge < -0.3 is 45.4 Å². The summed E-state index contributed by atoms with van der Waals surface area (Å²) < 4.78 is 7.46. The van der Waals surface area contributed by atoms with E-state index in [0.29, 0.717) is 67.5 Å². The van der Waals surface area contributed by atoms with Gasteiger partial charge in [-0.05, 0) is 139 Å². The average Bonchev–Trinajstić information content (AvgIpc) is 1.73. The number of hydrogen-bond donors (Lipinski definition) is 4. The number of aryl methyl sites for hydroxylation is 1. The largest absolute Gasteiger partial charge is 0.871 e. The summed E-state index contributed by atoms with van der Waals surface area (Å²) in [6.07, 6.45) is 7.71. The Labute approximate surface area is 540 Å². The second-order valence-corrected chi connectivity index (χ2v) is 22.2. The standard InChI is InChI=1S/C26H23N5O5.C24H28N2O2.C21H24N4O4/c1-13-6-8-16(36-5)11-20(13)31-26(35)22(19(12-27)29-31)23-24(33)21(25(23)34)17-9-7-15(30(3)4)10-18(17)28-14(2)32;1-5-25(6-2)19-13-9-17(10-14-19)21-23(27)22(24(21)28)18-11-15-20(16-12-18)26(7-3)8-4;1-6-25(7-2)13-8-9-14(15(10-13)22-12(4)26)17-19(27)18(20(17)28)16-11(3)23-24(5)21(16)29/h6-11,33H,1-5H3,(H,28,32);9-16H,5-8H2,1-4H3;8-10,27H,6-7H2,1-5H3,(H,22,26). The monoisotopic (exact) mass is 1260 g/mol. The van der Waals surface area contributed by atoms with Gasteiger partial charge in [-0.1, -0.05) is 24.0 Å². The van der Waals surface area contributed by atoms with Crippen LogP contribution in [0.15, 0.2) is 164 Å². The third kappa shape index (κ3) is 13.1. The van der Waals surface area contributed by atoms with Crippen LogP contribution in [0.25, 0.3) is 16.7 Å². The van der Waals surface area contributed by atoms with Crippen LogP contribution < -0.4 is 40.2 Å². The summed E-state index contributed by atoms with van der Waals surface area (Å²) in [5.74, 6) is -3.41. The number of carbonyl (C=O) groups is 7. The molecule has 93 heavy (non-hydrogen) atoms. The Hall–Kier alpha value is -11.2. The SMILES string of the molecule is CCN(CC)c1ccc(C2=C(O)C(=C3C(=O)N(C)N=C3C)C2=O)c(NC(C)=O)c1.CCN(CC)c1ccc(C2=C([O-])C(=C3C=CC(=[N+](CC)CC)C=C3)C2=O)cc1.COc1ccc(C)c(N2N=C(C#N)C(=C3C(=O)C(c4ccc(N(C)C)cc4NC(C)=O)=C3O)C2=O)c1. The molecule has 0 atom stereocenters. The van der Waals surface area contributed by atoms with Crippen molar-refractivity contribution in [3.05, 3.63) is 176 Å². The topological polar surface area (TPSA) is 284 Å². The lowest BCUT2D eigenvalue weighted by Crippen LogP contribution is -2.30. The molecular formula is C71H75N11O11. The summed E-state index contributed by atoms with van der Waals surface area (Å²) in [4.78, 5) is 94.2. The molecule has 10 rings (SSSR count). The fourth-order valence-corrected chi connectivity index (χ4v) is 11.4. The predicted molar refractivity (Wildman–Crippen MR) is 360 cm³/mol. The Morgan fingerprint density at radius 1 is 0.624 bits per heavy atom. The van der Waals surface area contributed by atoms with E-state index in [0.717, 1.165) is 72.1 Å². The van der Waals surface area contributed by atoms with Gasteiger partial charge in [0.05, 0.1) is 63.3 Å². The van der Waals surface area contributed by atoms with E-state index in [1.807, 2.05) is 93.5 Å². The number of nitrogens with one attached hydrogen (secondary N) is 2. The van der Waals surface area contributed by atoms with Crippen LogP contribution in [0.5, 0.6) is 5.75 Å². The zero-order valence-corrected chi connectivity index (χ0v) is 54.7. The van der Waals surface area contributed by atoms with E-state index in [2.05, 4.69) is 62.9 Å². The number of methoxy groups -OCH3 is 1. The highest BCUT2D eigenvalue weighted by Gasteiger charge is 2.46. The minimum atomic E-state index is -0.720. The molecule has 0 bridgehead atoms. The molecule has 0 saturated carbocycles. The van der Waals surface area contributed by atoms with Crippen molar-refractivity contribution < 1.29 is 58.2 Å². The Kier molecular flexibility index (Phi) is 20.6. The number of benzene rings is 4. The van der Waals surface area contributed by atoms with Crippen LogP contribution in [-0.4, -0.2) is 145 Å². The van der Waals surface area contributed by atoms with Crippen molar-refractivity contribution in [2.75, 3.05) is 97.9 Å². The Morgan fingerprint density at radius 3 is 1.57 bits per heavy atom. The molecule has 2 aliphatic heterocycles. The van der Waals surface area contributed by atoms with E-state index in [-0.39, 0.29) is 68.3 Å². The Balaban J connectivity index is 0.000000181. The fourth-order valence-electron chi connectivity index (χ4n) is 11.4. The lowest BCUT2D eigenvalue weighted by atomic mass is 9.79. The molecule has 4 amide bonds. The molecule has 0 radical (unpaired) electrons. The number of rotatable bonds is 16. The van der Waals surface area contributed by atoms with Gasteiger partial charge in [0, 0.05) is 119 Å². The number of aliphatic hydroxyl groups excluding tert-OH is 2. The van der Waals surface area contributed by atoms with Crippen molar-refractivity contribution in [3.8, 4) is 11.8 Å². The minimum Gasteiger partial charge on any atom is -0.871 e. The predicted octanol–water partition coefficient (Wildman–Crippen LogP) is 8.69. The highest BCUT2D eigenvalue weighted by molar-refractivity contribution is 6.48. The highest BCUT2D eigenvalue weighted by atomic mass is 16.5. The Morgan fingerprint density at radius 2 is 1.12 bits per heavy atom. The maximum absolute atomic E-state index is 13.3. The van der Waals surface area contributed by atoms with Crippen LogP contribution in [0.1, 0.15) is 84.6 Å². The first-order valence-corrected chi connectivity index (χ1v) is 30.4. The second-order valence-electron chi connectivity index (χ2n) is 22.2. The van der Waals surface area contributed by atoms with Crippen LogP contribution in [0.4, 0.5) is 34.1 Å².